The van der Waals surface area contributed by atoms with Crippen LogP contribution in [0.5, 0.6) is 5.75 Å². The van der Waals surface area contributed by atoms with Crippen molar-refractivity contribution in [1.29, 1.82) is 0 Å². The van der Waals surface area contributed by atoms with Crippen molar-refractivity contribution in [2.75, 3.05) is 12.4 Å². The van der Waals surface area contributed by atoms with E-state index in [-0.39, 0.29) is 6.42 Å². The molecule has 0 aliphatic carbocycles. The average molecular weight is 323 g/mol. The molecule has 0 atom stereocenters. The second-order valence-corrected chi connectivity index (χ2v) is 7.02. The molecule has 1 aromatic carbocycles. The predicted molar refractivity (Wildman–Crippen MR) is 88.0 cm³/mol. The van der Waals surface area contributed by atoms with Crippen LogP contribution in [-0.2, 0) is 16.0 Å². The smallest absolute Gasteiger partial charge is 0.412 e. The van der Waals surface area contributed by atoms with Crippen LogP contribution in [0.3, 0.4) is 0 Å². The lowest BCUT2D eigenvalue weighted by molar-refractivity contribution is -0.146. The summed E-state index contributed by atoms with van der Waals surface area (Å²) in [7, 11) is 1.52. The van der Waals surface area contributed by atoms with Crippen LogP contribution in [-0.4, -0.2) is 29.9 Å². The van der Waals surface area contributed by atoms with Crippen molar-refractivity contribution < 1.29 is 24.2 Å². The van der Waals surface area contributed by atoms with Crippen molar-refractivity contribution in [3.8, 4) is 5.75 Å². The number of carboxylic acid groups (broad SMARTS) is 1. The number of hydrogen-bond donors (Lipinski definition) is 2. The molecule has 0 saturated carbocycles. The molecular formula is C17H25NO5. The minimum Gasteiger partial charge on any atom is -0.497 e. The van der Waals surface area contributed by atoms with Crippen molar-refractivity contribution in [2.45, 2.75) is 46.6 Å². The molecule has 0 heterocycles. The Morgan fingerprint density at radius 2 is 1.78 bits per heavy atom. The standard InChI is InChI=1S/C17H25NO5/c1-16(2,3)23-15(21)18-13-9-12(22-6)8-7-11(13)10-17(4,5)14(19)20/h7-9H,10H2,1-6H3,(H,18,21)(H,19,20). The van der Waals surface area contributed by atoms with Crippen LogP contribution in [0.4, 0.5) is 10.5 Å². The van der Waals surface area contributed by atoms with Crippen LogP contribution in [0, 0.1) is 5.41 Å². The van der Waals surface area contributed by atoms with E-state index in [9.17, 15) is 14.7 Å². The van der Waals surface area contributed by atoms with Gasteiger partial charge in [-0.1, -0.05) is 6.07 Å². The molecule has 6 heteroatoms. The van der Waals surface area contributed by atoms with Gasteiger partial charge >= 0.3 is 12.1 Å². The molecule has 1 aromatic rings. The maximum Gasteiger partial charge on any atom is 0.412 e. The Bertz CT molecular complexity index is 587. The van der Waals surface area contributed by atoms with Gasteiger partial charge in [-0.15, -0.1) is 0 Å². The first-order valence-electron chi connectivity index (χ1n) is 7.35. The number of nitrogens with one attached hydrogen (secondary N) is 1. The van der Waals surface area contributed by atoms with E-state index in [2.05, 4.69) is 5.32 Å². The highest BCUT2D eigenvalue weighted by Gasteiger charge is 2.29. The zero-order chi connectivity index (χ0) is 17.8. The number of benzene rings is 1. The molecule has 0 aliphatic rings. The van der Waals surface area contributed by atoms with Gasteiger partial charge in [-0.05, 0) is 52.7 Å². The Hall–Kier alpha value is -2.24. The third kappa shape index (κ3) is 5.81. The topological polar surface area (TPSA) is 84.9 Å². The molecule has 0 spiro atoms. The fraction of sp³-hybridized carbons (Fsp3) is 0.529. The number of hydrogen-bond acceptors (Lipinski definition) is 4. The number of amides is 1. The first-order valence-corrected chi connectivity index (χ1v) is 7.35. The molecule has 0 aromatic heterocycles. The number of ether oxygens (including phenoxy) is 2. The first-order chi connectivity index (χ1) is 10.4. The molecule has 23 heavy (non-hydrogen) atoms. The summed E-state index contributed by atoms with van der Waals surface area (Å²) in [6.45, 7) is 8.58. The molecule has 1 rings (SSSR count). The zero-order valence-electron chi connectivity index (χ0n) is 14.5. The van der Waals surface area contributed by atoms with Crippen molar-refractivity contribution in [2.24, 2.45) is 5.41 Å². The molecule has 0 radical (unpaired) electrons. The minimum absolute atomic E-state index is 0.261. The van der Waals surface area contributed by atoms with Crippen LogP contribution >= 0.6 is 0 Å². The summed E-state index contributed by atoms with van der Waals surface area (Å²) in [6.07, 6.45) is -0.336. The number of carbonyl (C=O) groups is 2. The molecule has 6 nitrogen and oxygen atoms in total. The second kappa shape index (κ2) is 6.89. The largest absolute Gasteiger partial charge is 0.497 e. The number of rotatable bonds is 5. The number of aliphatic carboxylic acids is 1. The highest BCUT2D eigenvalue weighted by molar-refractivity contribution is 5.86. The lowest BCUT2D eigenvalue weighted by Crippen LogP contribution is -2.29. The number of carbonyl (C=O) groups excluding carboxylic acids is 1. The van der Waals surface area contributed by atoms with Crippen molar-refractivity contribution in [3.05, 3.63) is 23.8 Å². The third-order valence-electron chi connectivity index (χ3n) is 3.16. The van der Waals surface area contributed by atoms with Gasteiger partial charge < -0.3 is 14.6 Å². The Kier molecular flexibility index (Phi) is 5.64. The van der Waals surface area contributed by atoms with Crippen LogP contribution in [0.2, 0.25) is 0 Å². The maximum absolute atomic E-state index is 12.0. The fourth-order valence-corrected chi connectivity index (χ4v) is 1.92. The lowest BCUT2D eigenvalue weighted by Gasteiger charge is -2.23. The van der Waals surface area contributed by atoms with Gasteiger partial charge in [0.15, 0.2) is 0 Å². The summed E-state index contributed by atoms with van der Waals surface area (Å²) in [5, 5.41) is 12.0. The average Bonchev–Trinajstić information content (AvgIpc) is 2.38. The van der Waals surface area contributed by atoms with Gasteiger partial charge in [0.2, 0.25) is 0 Å². The quantitative estimate of drug-likeness (QED) is 0.863. The summed E-state index contributed by atoms with van der Waals surface area (Å²) in [5.74, 6) is -0.343. The van der Waals surface area contributed by atoms with Crippen molar-refractivity contribution in [3.63, 3.8) is 0 Å². The van der Waals surface area contributed by atoms with E-state index < -0.39 is 23.1 Å². The lowest BCUT2D eigenvalue weighted by atomic mass is 9.85. The highest BCUT2D eigenvalue weighted by Crippen LogP contribution is 2.30. The van der Waals surface area contributed by atoms with Gasteiger partial charge in [0, 0.05) is 6.07 Å². The summed E-state index contributed by atoms with van der Waals surface area (Å²) in [5.41, 5.74) is -0.403. The van der Waals surface area contributed by atoms with E-state index in [4.69, 9.17) is 9.47 Å². The summed E-state index contributed by atoms with van der Waals surface area (Å²) < 4.78 is 10.4. The summed E-state index contributed by atoms with van der Waals surface area (Å²) in [6, 6.07) is 5.13. The maximum atomic E-state index is 12.0. The van der Waals surface area contributed by atoms with Crippen molar-refractivity contribution in [1.82, 2.24) is 0 Å². The molecule has 0 saturated heterocycles. The highest BCUT2D eigenvalue weighted by atomic mass is 16.6. The molecule has 0 unspecified atom stereocenters. The second-order valence-electron chi connectivity index (χ2n) is 7.02. The van der Waals surface area contributed by atoms with E-state index in [0.717, 1.165) is 0 Å². The number of methoxy groups -OCH3 is 1. The van der Waals surface area contributed by atoms with Gasteiger partial charge in [-0.3, -0.25) is 10.1 Å². The van der Waals surface area contributed by atoms with Gasteiger partial charge in [0.25, 0.3) is 0 Å². The third-order valence-corrected chi connectivity index (χ3v) is 3.16. The van der Waals surface area contributed by atoms with E-state index in [0.29, 0.717) is 17.0 Å². The monoisotopic (exact) mass is 323 g/mol. The van der Waals surface area contributed by atoms with Crippen molar-refractivity contribution >= 4 is 17.7 Å². The normalized spacial score (nSPS) is 11.7. The molecule has 2 N–H and O–H groups in total. The molecule has 128 valence electrons. The van der Waals surface area contributed by atoms with Crippen LogP contribution in [0.1, 0.15) is 40.2 Å². The van der Waals surface area contributed by atoms with Gasteiger partial charge in [-0.25, -0.2) is 4.79 Å². The first kappa shape index (κ1) is 18.8. The summed E-state index contributed by atoms with van der Waals surface area (Å²) in [4.78, 5) is 23.3. The van der Waals surface area contributed by atoms with Gasteiger partial charge in [0.05, 0.1) is 18.2 Å². The number of anilines is 1. The predicted octanol–water partition coefficient (Wildman–Crippen LogP) is 3.70. The van der Waals surface area contributed by atoms with Crippen LogP contribution in [0.25, 0.3) is 0 Å². The SMILES string of the molecule is COc1ccc(CC(C)(C)C(=O)O)c(NC(=O)OC(C)(C)C)c1. The summed E-state index contributed by atoms with van der Waals surface area (Å²) >= 11 is 0. The number of carboxylic acids is 1. The Morgan fingerprint density at radius 1 is 1.17 bits per heavy atom. The molecule has 0 aliphatic heterocycles. The van der Waals surface area contributed by atoms with E-state index in [1.807, 2.05) is 0 Å². The molecular weight excluding hydrogens is 298 g/mol. The van der Waals surface area contributed by atoms with Gasteiger partial charge in [-0.2, -0.15) is 0 Å². The fourth-order valence-electron chi connectivity index (χ4n) is 1.92. The zero-order valence-corrected chi connectivity index (χ0v) is 14.5. The Labute approximate surface area is 136 Å². The molecule has 0 bridgehead atoms. The van der Waals surface area contributed by atoms with E-state index in [1.54, 1.807) is 52.8 Å². The van der Waals surface area contributed by atoms with Gasteiger partial charge in [0.1, 0.15) is 11.4 Å². The van der Waals surface area contributed by atoms with Crippen LogP contribution < -0.4 is 10.1 Å². The molecule has 0 fully saturated rings. The molecule has 1 amide bonds. The Morgan fingerprint density at radius 3 is 2.26 bits per heavy atom. The Balaban J connectivity index is 3.08. The minimum atomic E-state index is -0.959. The van der Waals surface area contributed by atoms with E-state index >= 15 is 0 Å². The van der Waals surface area contributed by atoms with Crippen LogP contribution in [0.15, 0.2) is 18.2 Å². The van der Waals surface area contributed by atoms with E-state index in [1.165, 1.54) is 7.11 Å².